The van der Waals surface area contributed by atoms with Gasteiger partial charge in [-0.1, -0.05) is 17.3 Å². The number of likely N-dealkylation sites (N-methyl/N-ethyl adjacent to an activating group) is 1. The molecule has 88 valence electrons. The first-order valence-corrected chi connectivity index (χ1v) is 6.26. The van der Waals surface area contributed by atoms with Gasteiger partial charge in [0.05, 0.1) is 12.1 Å². The van der Waals surface area contributed by atoms with Crippen molar-refractivity contribution < 1.29 is 9.90 Å². The summed E-state index contributed by atoms with van der Waals surface area (Å²) in [6, 6.07) is -0.0806. The van der Waals surface area contributed by atoms with Crippen molar-refractivity contribution in [1.29, 1.82) is 0 Å². The number of carbonyl (C=O) groups excluding carboxylic acids is 1. The first kappa shape index (κ1) is 11.5. The Bertz CT molecular complexity index is 355. The Balaban J connectivity index is 2.06. The normalized spacial score (nSPS) is 25.4. The third kappa shape index (κ3) is 2.22. The summed E-state index contributed by atoms with van der Waals surface area (Å²) in [6.07, 6.45) is 3.33. The van der Waals surface area contributed by atoms with Gasteiger partial charge in [0, 0.05) is 12.4 Å². The van der Waals surface area contributed by atoms with Crippen molar-refractivity contribution >= 4 is 17.4 Å². The summed E-state index contributed by atoms with van der Waals surface area (Å²) in [5.41, 5.74) is 0.366. The second kappa shape index (κ2) is 4.88. The summed E-state index contributed by atoms with van der Waals surface area (Å²) < 4.78 is 3.67. The van der Waals surface area contributed by atoms with Crippen molar-refractivity contribution in [2.75, 3.05) is 7.05 Å². The van der Waals surface area contributed by atoms with Crippen LogP contribution in [0.1, 0.15) is 36.2 Å². The number of amides is 1. The van der Waals surface area contributed by atoms with E-state index in [1.54, 1.807) is 17.3 Å². The van der Waals surface area contributed by atoms with Crippen LogP contribution in [-0.4, -0.2) is 44.7 Å². The number of carbonyl (C=O) groups is 1. The van der Waals surface area contributed by atoms with Gasteiger partial charge in [0.1, 0.15) is 0 Å². The van der Waals surface area contributed by atoms with E-state index < -0.39 is 6.10 Å². The van der Waals surface area contributed by atoms with Gasteiger partial charge in [0.2, 0.25) is 0 Å². The number of nitrogens with zero attached hydrogens (tertiary/aromatic N) is 3. The molecule has 2 unspecified atom stereocenters. The molecule has 0 radical (unpaired) electrons. The molecule has 0 spiro atoms. The Hall–Kier alpha value is -1.01. The maximum atomic E-state index is 12.0. The second-order valence-electron chi connectivity index (χ2n) is 4.13. The molecule has 1 heterocycles. The zero-order chi connectivity index (χ0) is 11.5. The minimum atomic E-state index is -0.408. The van der Waals surface area contributed by atoms with Gasteiger partial charge in [-0.05, 0) is 24.4 Å². The Labute approximate surface area is 98.2 Å². The van der Waals surface area contributed by atoms with Crippen LogP contribution in [0.2, 0.25) is 0 Å². The van der Waals surface area contributed by atoms with Crippen molar-refractivity contribution in [2.24, 2.45) is 0 Å². The Morgan fingerprint density at radius 1 is 1.56 bits per heavy atom. The van der Waals surface area contributed by atoms with Crippen LogP contribution in [0.5, 0.6) is 0 Å². The molecule has 0 aromatic carbocycles. The van der Waals surface area contributed by atoms with Gasteiger partial charge in [0.25, 0.3) is 5.91 Å². The van der Waals surface area contributed by atoms with Crippen LogP contribution in [0.25, 0.3) is 0 Å². The van der Waals surface area contributed by atoms with Crippen molar-refractivity contribution in [3.05, 3.63) is 11.1 Å². The fraction of sp³-hybridized carbons (Fsp3) is 0.700. The Morgan fingerprint density at radius 2 is 2.31 bits per heavy atom. The minimum Gasteiger partial charge on any atom is -0.391 e. The first-order valence-electron chi connectivity index (χ1n) is 5.42. The van der Waals surface area contributed by atoms with Crippen molar-refractivity contribution in [2.45, 2.75) is 37.8 Å². The second-order valence-corrected chi connectivity index (χ2v) is 4.74. The Kier molecular flexibility index (Phi) is 3.50. The van der Waals surface area contributed by atoms with Crippen LogP contribution >= 0.6 is 11.5 Å². The molecule has 1 aliphatic rings. The average Bonchev–Trinajstić information content (AvgIpc) is 2.81. The molecule has 2 atom stereocenters. The molecular weight excluding hydrogens is 226 g/mol. The number of hydrogen-bond donors (Lipinski definition) is 1. The van der Waals surface area contributed by atoms with E-state index in [1.807, 2.05) is 0 Å². The van der Waals surface area contributed by atoms with Gasteiger partial charge in [-0.2, -0.15) is 0 Å². The highest BCUT2D eigenvalue weighted by atomic mass is 32.1. The summed E-state index contributed by atoms with van der Waals surface area (Å²) in [5, 5.41) is 15.2. The molecule has 1 N–H and O–H groups in total. The van der Waals surface area contributed by atoms with E-state index >= 15 is 0 Å². The number of aromatic nitrogens is 2. The first-order chi connectivity index (χ1) is 7.70. The topological polar surface area (TPSA) is 66.3 Å². The van der Waals surface area contributed by atoms with Crippen LogP contribution in [0.15, 0.2) is 5.38 Å². The molecular formula is C10H15N3O2S. The average molecular weight is 241 g/mol. The smallest absolute Gasteiger partial charge is 0.275 e. The van der Waals surface area contributed by atoms with Gasteiger partial charge in [0.15, 0.2) is 5.69 Å². The molecule has 16 heavy (non-hydrogen) atoms. The third-order valence-corrected chi connectivity index (χ3v) is 3.60. The SMILES string of the molecule is CN(C(=O)c1csnn1)C1CCCCC1O. The maximum absolute atomic E-state index is 12.0. The molecule has 0 aliphatic heterocycles. The molecule has 1 aromatic rings. The van der Waals surface area contributed by atoms with E-state index in [0.29, 0.717) is 5.69 Å². The predicted octanol–water partition coefficient (Wildman–Crippen LogP) is 0.914. The molecule has 0 saturated heterocycles. The summed E-state index contributed by atoms with van der Waals surface area (Å²) >= 11 is 1.16. The summed E-state index contributed by atoms with van der Waals surface area (Å²) in [4.78, 5) is 13.6. The van der Waals surface area contributed by atoms with Gasteiger partial charge in [-0.15, -0.1) is 5.10 Å². The van der Waals surface area contributed by atoms with Crippen LogP contribution in [0.4, 0.5) is 0 Å². The fourth-order valence-electron chi connectivity index (χ4n) is 2.13. The van der Waals surface area contributed by atoms with E-state index in [1.165, 1.54) is 0 Å². The number of rotatable bonds is 2. The minimum absolute atomic E-state index is 0.0806. The lowest BCUT2D eigenvalue weighted by molar-refractivity contribution is 0.0264. The van der Waals surface area contributed by atoms with Crippen LogP contribution in [0, 0.1) is 0 Å². The zero-order valence-electron chi connectivity index (χ0n) is 9.17. The van der Waals surface area contributed by atoms with Gasteiger partial charge in [-0.3, -0.25) is 4.79 Å². The largest absolute Gasteiger partial charge is 0.391 e. The monoisotopic (exact) mass is 241 g/mol. The molecule has 2 rings (SSSR count). The third-order valence-electron chi connectivity index (χ3n) is 3.09. The zero-order valence-corrected chi connectivity index (χ0v) is 9.98. The van der Waals surface area contributed by atoms with E-state index in [2.05, 4.69) is 9.59 Å². The number of aliphatic hydroxyl groups is 1. The highest BCUT2D eigenvalue weighted by molar-refractivity contribution is 7.03. The molecule has 1 amide bonds. The van der Waals surface area contributed by atoms with Crippen molar-refractivity contribution in [3.8, 4) is 0 Å². The fourth-order valence-corrected chi connectivity index (χ4v) is 2.56. The van der Waals surface area contributed by atoms with Crippen molar-refractivity contribution in [3.63, 3.8) is 0 Å². The predicted molar refractivity (Wildman–Crippen MR) is 60.3 cm³/mol. The van der Waals surface area contributed by atoms with E-state index in [-0.39, 0.29) is 11.9 Å². The molecule has 1 aliphatic carbocycles. The standard InChI is InChI=1S/C10H15N3O2S/c1-13(8-4-2-3-5-9(8)14)10(15)7-6-16-12-11-7/h6,8-9,14H,2-5H2,1H3. The van der Waals surface area contributed by atoms with Gasteiger partial charge >= 0.3 is 0 Å². The highest BCUT2D eigenvalue weighted by Crippen LogP contribution is 2.23. The quantitative estimate of drug-likeness (QED) is 0.836. The summed E-state index contributed by atoms with van der Waals surface area (Å²) in [6.45, 7) is 0. The lowest BCUT2D eigenvalue weighted by atomic mass is 9.91. The Morgan fingerprint density at radius 3 is 2.94 bits per heavy atom. The van der Waals surface area contributed by atoms with E-state index in [9.17, 15) is 9.90 Å². The highest BCUT2D eigenvalue weighted by Gasteiger charge is 2.30. The molecule has 1 fully saturated rings. The van der Waals surface area contributed by atoms with E-state index in [0.717, 1.165) is 37.2 Å². The molecule has 1 aromatic heterocycles. The molecule has 6 heteroatoms. The van der Waals surface area contributed by atoms with Crippen molar-refractivity contribution in [1.82, 2.24) is 14.5 Å². The van der Waals surface area contributed by atoms with E-state index in [4.69, 9.17) is 0 Å². The molecule has 5 nitrogen and oxygen atoms in total. The lowest BCUT2D eigenvalue weighted by Crippen LogP contribution is -2.46. The number of aliphatic hydroxyl groups excluding tert-OH is 1. The summed E-state index contributed by atoms with van der Waals surface area (Å²) in [5.74, 6) is -0.153. The van der Waals surface area contributed by atoms with Gasteiger partial charge in [-0.25, -0.2) is 0 Å². The molecule has 1 saturated carbocycles. The van der Waals surface area contributed by atoms with Gasteiger partial charge < -0.3 is 10.0 Å². The number of hydrogen-bond acceptors (Lipinski definition) is 5. The molecule has 0 bridgehead atoms. The van der Waals surface area contributed by atoms with Crippen LogP contribution < -0.4 is 0 Å². The maximum Gasteiger partial charge on any atom is 0.275 e. The van der Waals surface area contributed by atoms with Crippen LogP contribution in [0.3, 0.4) is 0 Å². The van der Waals surface area contributed by atoms with Crippen LogP contribution in [-0.2, 0) is 0 Å². The lowest BCUT2D eigenvalue weighted by Gasteiger charge is -2.34. The summed E-state index contributed by atoms with van der Waals surface area (Å²) in [7, 11) is 1.72.